The Morgan fingerprint density at radius 2 is 2.21 bits per heavy atom. The summed E-state index contributed by atoms with van der Waals surface area (Å²) in [5.41, 5.74) is 0. The topological polar surface area (TPSA) is 69.6 Å². The van der Waals surface area contributed by atoms with Gasteiger partial charge in [-0.05, 0) is 25.0 Å². The summed E-state index contributed by atoms with van der Waals surface area (Å²) in [5.74, 6) is -0.844. The third kappa shape index (κ3) is 6.45. The number of nitrogens with zero attached hydrogens (tertiary/aromatic N) is 1. The van der Waals surface area contributed by atoms with Crippen molar-refractivity contribution in [1.82, 2.24) is 10.2 Å². The monoisotopic (exact) mass is 304 g/mol. The van der Waals surface area contributed by atoms with E-state index in [1.54, 1.807) is 7.05 Å². The number of thiophene rings is 1. The molecule has 1 aromatic heterocycles. The van der Waals surface area contributed by atoms with Gasteiger partial charge in [-0.15, -0.1) is 11.3 Å². The molecule has 0 aliphatic carbocycles. The molecule has 1 heterocycles. The van der Waals surface area contributed by atoms with Crippen LogP contribution in [0.4, 0.5) is 4.79 Å². The highest BCUT2D eigenvalue weighted by Crippen LogP contribution is 2.21. The maximum atomic E-state index is 11.7. The van der Waals surface area contributed by atoms with Crippen molar-refractivity contribution < 1.29 is 14.7 Å². The molecule has 2 N–H and O–H groups in total. The largest absolute Gasteiger partial charge is 0.481 e. The number of amides is 2. The fourth-order valence-corrected chi connectivity index (χ4v) is 2.57. The zero-order chi connectivity index (χ0) is 14.3. The second-order valence-electron chi connectivity index (χ2n) is 4.11. The van der Waals surface area contributed by atoms with Crippen LogP contribution in [0.25, 0.3) is 0 Å². The maximum Gasteiger partial charge on any atom is 0.317 e. The SMILES string of the molecule is CN(CCCC(=O)O)C(=O)NCCc1ccc(Cl)s1. The van der Waals surface area contributed by atoms with Gasteiger partial charge < -0.3 is 15.3 Å². The Morgan fingerprint density at radius 3 is 2.79 bits per heavy atom. The molecule has 1 aromatic rings. The van der Waals surface area contributed by atoms with Gasteiger partial charge in [0.1, 0.15) is 0 Å². The standard InChI is InChI=1S/C12H17ClN2O3S/c1-15(8-2-3-11(16)17)12(18)14-7-6-9-4-5-10(13)19-9/h4-5H,2-3,6-8H2,1H3,(H,14,18)(H,16,17). The van der Waals surface area contributed by atoms with Crippen LogP contribution in [-0.2, 0) is 11.2 Å². The number of carbonyl (C=O) groups is 2. The van der Waals surface area contributed by atoms with Crippen molar-refractivity contribution in [3.05, 3.63) is 21.3 Å². The highest BCUT2D eigenvalue weighted by atomic mass is 35.5. The van der Waals surface area contributed by atoms with Crippen LogP contribution in [0.2, 0.25) is 4.34 Å². The molecule has 0 radical (unpaired) electrons. The van der Waals surface area contributed by atoms with E-state index >= 15 is 0 Å². The molecule has 0 unspecified atom stereocenters. The first-order chi connectivity index (χ1) is 8.99. The average molecular weight is 305 g/mol. The number of carboxylic acids is 1. The first kappa shape index (κ1) is 15.8. The number of hydrogen-bond acceptors (Lipinski definition) is 3. The van der Waals surface area contributed by atoms with Gasteiger partial charge in [0.05, 0.1) is 4.34 Å². The number of hydrogen-bond donors (Lipinski definition) is 2. The van der Waals surface area contributed by atoms with Crippen molar-refractivity contribution in [3.8, 4) is 0 Å². The van der Waals surface area contributed by atoms with Crippen molar-refractivity contribution >= 4 is 34.9 Å². The van der Waals surface area contributed by atoms with E-state index in [1.807, 2.05) is 12.1 Å². The molecule has 5 nitrogen and oxygen atoms in total. The Hall–Kier alpha value is -1.27. The van der Waals surface area contributed by atoms with Gasteiger partial charge in [-0.2, -0.15) is 0 Å². The molecular weight excluding hydrogens is 288 g/mol. The minimum Gasteiger partial charge on any atom is -0.481 e. The van der Waals surface area contributed by atoms with E-state index in [-0.39, 0.29) is 12.5 Å². The lowest BCUT2D eigenvalue weighted by atomic mass is 10.3. The Balaban J connectivity index is 2.17. The van der Waals surface area contributed by atoms with Gasteiger partial charge in [-0.25, -0.2) is 4.79 Å². The Morgan fingerprint density at radius 1 is 1.47 bits per heavy atom. The van der Waals surface area contributed by atoms with Gasteiger partial charge in [-0.3, -0.25) is 4.79 Å². The predicted octanol–water partition coefficient (Wildman–Crippen LogP) is 2.45. The number of aliphatic carboxylic acids is 1. The third-order valence-corrected chi connectivity index (χ3v) is 3.80. The van der Waals surface area contributed by atoms with Crippen LogP contribution in [0.15, 0.2) is 12.1 Å². The van der Waals surface area contributed by atoms with E-state index < -0.39 is 5.97 Å². The van der Waals surface area contributed by atoms with Crippen molar-refractivity contribution in [2.45, 2.75) is 19.3 Å². The molecule has 0 saturated carbocycles. The molecule has 0 spiro atoms. The Kier molecular flexibility index (Phi) is 6.66. The lowest BCUT2D eigenvalue weighted by Gasteiger charge is -2.17. The molecule has 7 heteroatoms. The molecular formula is C12H17ClN2O3S. The number of urea groups is 1. The first-order valence-electron chi connectivity index (χ1n) is 5.94. The predicted molar refractivity (Wildman–Crippen MR) is 75.9 cm³/mol. The molecule has 0 aliphatic rings. The zero-order valence-corrected chi connectivity index (χ0v) is 12.3. The fraction of sp³-hybridized carbons (Fsp3) is 0.500. The second kappa shape index (κ2) is 8.01. The summed E-state index contributed by atoms with van der Waals surface area (Å²) in [4.78, 5) is 24.6. The van der Waals surface area contributed by atoms with Crippen LogP contribution >= 0.6 is 22.9 Å². The van der Waals surface area contributed by atoms with E-state index in [9.17, 15) is 9.59 Å². The zero-order valence-electron chi connectivity index (χ0n) is 10.7. The molecule has 106 valence electrons. The summed E-state index contributed by atoms with van der Waals surface area (Å²) >= 11 is 7.31. The van der Waals surface area contributed by atoms with Crippen LogP contribution in [0.1, 0.15) is 17.7 Å². The molecule has 0 bridgehead atoms. The number of halogens is 1. The van der Waals surface area contributed by atoms with Crippen molar-refractivity contribution in [2.75, 3.05) is 20.1 Å². The van der Waals surface area contributed by atoms with Crippen LogP contribution in [-0.4, -0.2) is 42.1 Å². The lowest BCUT2D eigenvalue weighted by Crippen LogP contribution is -2.38. The normalized spacial score (nSPS) is 10.2. The summed E-state index contributed by atoms with van der Waals surface area (Å²) in [6, 6.07) is 3.59. The number of carbonyl (C=O) groups excluding carboxylic acids is 1. The number of rotatable bonds is 7. The molecule has 0 atom stereocenters. The molecule has 0 aromatic carbocycles. The van der Waals surface area contributed by atoms with Gasteiger partial charge in [0.2, 0.25) is 0 Å². The molecule has 2 amide bonds. The highest BCUT2D eigenvalue weighted by molar-refractivity contribution is 7.16. The average Bonchev–Trinajstić information content (AvgIpc) is 2.74. The Labute approximate surface area is 121 Å². The van der Waals surface area contributed by atoms with Crippen LogP contribution < -0.4 is 5.32 Å². The van der Waals surface area contributed by atoms with E-state index in [2.05, 4.69) is 5.32 Å². The summed E-state index contributed by atoms with van der Waals surface area (Å²) in [5, 5.41) is 11.3. The third-order valence-electron chi connectivity index (χ3n) is 2.51. The van der Waals surface area contributed by atoms with Crippen LogP contribution in [0, 0.1) is 0 Å². The lowest BCUT2D eigenvalue weighted by molar-refractivity contribution is -0.137. The minimum atomic E-state index is -0.844. The van der Waals surface area contributed by atoms with Crippen LogP contribution in [0.5, 0.6) is 0 Å². The molecule has 0 saturated heterocycles. The van der Waals surface area contributed by atoms with Gasteiger partial charge in [0, 0.05) is 31.4 Å². The van der Waals surface area contributed by atoms with E-state index in [0.29, 0.717) is 19.5 Å². The molecule has 0 fully saturated rings. The minimum absolute atomic E-state index is 0.0747. The fourth-order valence-electron chi connectivity index (χ4n) is 1.48. The summed E-state index contributed by atoms with van der Waals surface area (Å²) in [6.07, 6.45) is 1.27. The highest BCUT2D eigenvalue weighted by Gasteiger charge is 2.08. The van der Waals surface area contributed by atoms with Gasteiger partial charge >= 0.3 is 12.0 Å². The quantitative estimate of drug-likeness (QED) is 0.813. The molecule has 1 rings (SSSR count). The van der Waals surface area contributed by atoms with E-state index in [4.69, 9.17) is 16.7 Å². The van der Waals surface area contributed by atoms with Gasteiger partial charge in [-0.1, -0.05) is 11.6 Å². The molecule has 0 aliphatic heterocycles. The number of carboxylic acid groups (broad SMARTS) is 1. The smallest absolute Gasteiger partial charge is 0.317 e. The second-order valence-corrected chi connectivity index (χ2v) is 5.91. The van der Waals surface area contributed by atoms with Crippen molar-refractivity contribution in [3.63, 3.8) is 0 Å². The maximum absolute atomic E-state index is 11.7. The van der Waals surface area contributed by atoms with Crippen molar-refractivity contribution in [1.29, 1.82) is 0 Å². The number of nitrogens with one attached hydrogen (secondary N) is 1. The first-order valence-corrected chi connectivity index (χ1v) is 7.13. The molecule has 19 heavy (non-hydrogen) atoms. The van der Waals surface area contributed by atoms with Gasteiger partial charge in [0.15, 0.2) is 0 Å². The van der Waals surface area contributed by atoms with E-state index in [0.717, 1.165) is 15.6 Å². The summed E-state index contributed by atoms with van der Waals surface area (Å²) < 4.78 is 0.743. The van der Waals surface area contributed by atoms with Gasteiger partial charge in [0.25, 0.3) is 0 Å². The van der Waals surface area contributed by atoms with E-state index in [1.165, 1.54) is 16.2 Å². The summed E-state index contributed by atoms with van der Waals surface area (Å²) in [7, 11) is 1.65. The summed E-state index contributed by atoms with van der Waals surface area (Å²) in [6.45, 7) is 0.974. The van der Waals surface area contributed by atoms with Crippen molar-refractivity contribution in [2.24, 2.45) is 0 Å². The van der Waals surface area contributed by atoms with Crippen LogP contribution in [0.3, 0.4) is 0 Å². The Bertz CT molecular complexity index is 436.